The van der Waals surface area contributed by atoms with E-state index in [-0.39, 0.29) is 18.5 Å². The molecule has 0 radical (unpaired) electrons. The Bertz CT molecular complexity index is 1160. The maximum Gasteiger partial charge on any atom is 0.244 e. The molecule has 0 heterocycles. The van der Waals surface area contributed by atoms with Crippen molar-refractivity contribution < 1.29 is 22.7 Å². The lowest BCUT2D eigenvalue weighted by molar-refractivity contribution is -0.139. The largest absolute Gasteiger partial charge is 0.497 e. The Balaban J connectivity index is 2.43. The molecule has 0 fully saturated rings. The van der Waals surface area contributed by atoms with E-state index in [0.29, 0.717) is 22.0 Å². The van der Waals surface area contributed by atoms with Crippen LogP contribution in [0, 0.1) is 6.92 Å². The van der Waals surface area contributed by atoms with Crippen molar-refractivity contribution in [1.29, 1.82) is 0 Å². The number of hydrogen-bond donors (Lipinski definition) is 1. The molecule has 0 saturated carbocycles. The fourth-order valence-electron chi connectivity index (χ4n) is 3.51. The maximum absolute atomic E-state index is 13.6. The van der Waals surface area contributed by atoms with E-state index in [1.165, 1.54) is 4.90 Å². The van der Waals surface area contributed by atoms with Crippen LogP contribution in [-0.4, -0.2) is 57.1 Å². The predicted molar refractivity (Wildman–Crippen MR) is 139 cm³/mol. The van der Waals surface area contributed by atoms with Crippen molar-refractivity contribution in [2.24, 2.45) is 0 Å². The van der Waals surface area contributed by atoms with Crippen LogP contribution in [0.5, 0.6) is 5.75 Å². The summed E-state index contributed by atoms with van der Waals surface area (Å²) in [5, 5.41) is 3.36. The van der Waals surface area contributed by atoms with Crippen molar-refractivity contribution in [1.82, 2.24) is 10.2 Å². The van der Waals surface area contributed by atoms with Crippen molar-refractivity contribution in [2.75, 3.05) is 24.2 Å². The predicted octanol–water partition coefficient (Wildman–Crippen LogP) is 3.76. The van der Waals surface area contributed by atoms with Crippen molar-refractivity contribution in [3.8, 4) is 5.75 Å². The molecule has 2 atom stereocenters. The topological polar surface area (TPSA) is 96.0 Å². The summed E-state index contributed by atoms with van der Waals surface area (Å²) in [5.74, 6) is -0.218. The average molecular weight is 524 g/mol. The third-order valence-electron chi connectivity index (χ3n) is 5.76. The van der Waals surface area contributed by atoms with E-state index in [9.17, 15) is 18.0 Å². The summed E-state index contributed by atoms with van der Waals surface area (Å²) in [6, 6.07) is 11.0. The SMILES string of the molecule is CC[C@H](C)NC(=O)[C@H](C)N(Cc1cccc(OC)c1)C(=O)CN(c1ccc(Cl)cc1C)S(C)(=O)=O. The fourth-order valence-corrected chi connectivity index (χ4v) is 4.64. The average Bonchev–Trinajstić information content (AvgIpc) is 2.80. The zero-order chi connectivity index (χ0) is 26.3. The van der Waals surface area contributed by atoms with Gasteiger partial charge in [0.25, 0.3) is 0 Å². The van der Waals surface area contributed by atoms with Gasteiger partial charge >= 0.3 is 0 Å². The second kappa shape index (κ2) is 12.3. The van der Waals surface area contributed by atoms with Gasteiger partial charge in [-0.1, -0.05) is 30.7 Å². The van der Waals surface area contributed by atoms with Gasteiger partial charge in [-0.25, -0.2) is 8.42 Å². The van der Waals surface area contributed by atoms with Crippen LogP contribution in [-0.2, 0) is 26.2 Å². The van der Waals surface area contributed by atoms with Gasteiger partial charge in [-0.3, -0.25) is 13.9 Å². The zero-order valence-electron chi connectivity index (χ0n) is 21.0. The van der Waals surface area contributed by atoms with E-state index < -0.39 is 28.5 Å². The van der Waals surface area contributed by atoms with Gasteiger partial charge in [0.15, 0.2) is 0 Å². The molecule has 0 bridgehead atoms. The minimum Gasteiger partial charge on any atom is -0.497 e. The number of halogens is 1. The van der Waals surface area contributed by atoms with Gasteiger partial charge in [-0.15, -0.1) is 0 Å². The number of anilines is 1. The highest BCUT2D eigenvalue weighted by atomic mass is 35.5. The van der Waals surface area contributed by atoms with Crippen LogP contribution in [0.1, 0.15) is 38.3 Å². The van der Waals surface area contributed by atoms with E-state index in [1.54, 1.807) is 57.4 Å². The highest BCUT2D eigenvalue weighted by Crippen LogP contribution is 2.26. The molecule has 2 amide bonds. The Morgan fingerprint density at radius 2 is 1.83 bits per heavy atom. The summed E-state index contributed by atoms with van der Waals surface area (Å²) in [6.07, 6.45) is 1.78. The molecule has 0 aliphatic carbocycles. The van der Waals surface area contributed by atoms with Gasteiger partial charge in [-0.2, -0.15) is 0 Å². The van der Waals surface area contributed by atoms with Crippen molar-refractivity contribution in [2.45, 2.75) is 52.7 Å². The van der Waals surface area contributed by atoms with Gasteiger partial charge in [0.05, 0.1) is 19.1 Å². The maximum atomic E-state index is 13.6. The van der Waals surface area contributed by atoms with Crippen LogP contribution in [0.3, 0.4) is 0 Å². The summed E-state index contributed by atoms with van der Waals surface area (Å²) in [5.41, 5.74) is 1.70. The summed E-state index contributed by atoms with van der Waals surface area (Å²) in [6.45, 7) is 6.82. The second-order valence-corrected chi connectivity index (χ2v) is 10.9. The van der Waals surface area contributed by atoms with Gasteiger partial charge in [-0.05, 0) is 68.7 Å². The molecule has 0 spiro atoms. The number of amides is 2. The first-order chi connectivity index (χ1) is 16.4. The molecule has 0 unspecified atom stereocenters. The lowest BCUT2D eigenvalue weighted by Gasteiger charge is -2.32. The molecule has 2 rings (SSSR count). The number of ether oxygens (including phenoxy) is 1. The number of hydrogen-bond acceptors (Lipinski definition) is 5. The molecule has 1 N–H and O–H groups in total. The van der Waals surface area contributed by atoms with Gasteiger partial charge in [0, 0.05) is 17.6 Å². The molecule has 8 nitrogen and oxygen atoms in total. The summed E-state index contributed by atoms with van der Waals surface area (Å²) in [7, 11) is -2.27. The van der Waals surface area contributed by atoms with Gasteiger partial charge in [0.1, 0.15) is 18.3 Å². The van der Waals surface area contributed by atoms with E-state index >= 15 is 0 Å². The number of nitrogens with one attached hydrogen (secondary N) is 1. The molecule has 0 aliphatic heterocycles. The number of benzene rings is 2. The fraction of sp³-hybridized carbons (Fsp3) is 0.440. The van der Waals surface area contributed by atoms with E-state index in [4.69, 9.17) is 16.3 Å². The summed E-state index contributed by atoms with van der Waals surface area (Å²) >= 11 is 6.04. The van der Waals surface area contributed by atoms with Crippen LogP contribution in [0.15, 0.2) is 42.5 Å². The minimum absolute atomic E-state index is 0.0667. The molecule has 10 heteroatoms. The number of methoxy groups -OCH3 is 1. The number of rotatable bonds is 11. The molecular formula is C25H34ClN3O5S. The van der Waals surface area contributed by atoms with Crippen LogP contribution in [0.2, 0.25) is 5.02 Å². The lowest BCUT2D eigenvalue weighted by atomic mass is 10.1. The Hall–Kier alpha value is -2.78. The van der Waals surface area contributed by atoms with E-state index in [2.05, 4.69) is 5.32 Å². The van der Waals surface area contributed by atoms with Crippen molar-refractivity contribution in [3.63, 3.8) is 0 Å². The Labute approximate surface area is 213 Å². The molecule has 0 saturated heterocycles. The van der Waals surface area contributed by atoms with Crippen LogP contribution in [0.4, 0.5) is 5.69 Å². The minimum atomic E-state index is -3.81. The molecule has 192 valence electrons. The number of aryl methyl sites for hydroxylation is 1. The second-order valence-electron chi connectivity index (χ2n) is 8.57. The molecule has 0 aromatic heterocycles. The smallest absolute Gasteiger partial charge is 0.244 e. The van der Waals surface area contributed by atoms with Gasteiger partial charge in [0.2, 0.25) is 21.8 Å². The van der Waals surface area contributed by atoms with E-state index in [0.717, 1.165) is 22.5 Å². The third-order valence-corrected chi connectivity index (χ3v) is 7.12. The standard InChI is InChI=1S/C25H34ClN3O5S/c1-7-18(3)27-25(31)19(4)28(15-20-9-8-10-22(14-20)34-5)24(30)16-29(35(6,32)33)23-12-11-21(26)13-17(23)2/h8-14,18-19H,7,15-16H2,1-6H3,(H,27,31)/t18-,19-/m0/s1. The quantitative estimate of drug-likeness (QED) is 0.484. The Kier molecular flexibility index (Phi) is 9.97. The normalized spacial score (nSPS) is 13.0. The van der Waals surface area contributed by atoms with Crippen molar-refractivity contribution >= 4 is 39.1 Å². The van der Waals surface area contributed by atoms with Crippen molar-refractivity contribution in [3.05, 3.63) is 58.6 Å². The first-order valence-electron chi connectivity index (χ1n) is 11.3. The number of sulfonamides is 1. The molecule has 2 aromatic rings. The first kappa shape index (κ1) is 28.5. The Morgan fingerprint density at radius 3 is 2.40 bits per heavy atom. The van der Waals surface area contributed by atoms with Crippen LogP contribution in [0.25, 0.3) is 0 Å². The molecule has 0 aliphatic rings. The molecule has 35 heavy (non-hydrogen) atoms. The number of nitrogens with zero attached hydrogens (tertiary/aromatic N) is 2. The third kappa shape index (κ3) is 7.86. The highest BCUT2D eigenvalue weighted by Gasteiger charge is 2.31. The first-order valence-corrected chi connectivity index (χ1v) is 13.6. The lowest BCUT2D eigenvalue weighted by Crippen LogP contribution is -2.52. The van der Waals surface area contributed by atoms with Gasteiger partial charge < -0.3 is 15.0 Å². The van der Waals surface area contributed by atoms with E-state index in [1.807, 2.05) is 19.9 Å². The Morgan fingerprint density at radius 1 is 1.14 bits per heavy atom. The summed E-state index contributed by atoms with van der Waals surface area (Å²) < 4.78 is 31.7. The van der Waals surface area contributed by atoms with Crippen LogP contribution < -0.4 is 14.4 Å². The number of carbonyl (C=O) groups is 2. The monoisotopic (exact) mass is 523 g/mol. The van der Waals surface area contributed by atoms with Crippen LogP contribution >= 0.6 is 11.6 Å². The molecular weight excluding hydrogens is 490 g/mol. The summed E-state index contributed by atoms with van der Waals surface area (Å²) in [4.78, 5) is 27.9. The number of carbonyl (C=O) groups excluding carboxylic acids is 2. The molecule has 2 aromatic carbocycles. The highest BCUT2D eigenvalue weighted by molar-refractivity contribution is 7.92. The zero-order valence-corrected chi connectivity index (χ0v) is 22.6.